The predicted octanol–water partition coefficient (Wildman–Crippen LogP) is 19.4. The van der Waals surface area contributed by atoms with Crippen LogP contribution >= 0.6 is 0 Å². The van der Waals surface area contributed by atoms with E-state index in [0.29, 0.717) is 0 Å². The second-order valence-electron chi connectivity index (χ2n) is 21.0. The van der Waals surface area contributed by atoms with E-state index in [4.69, 9.17) is 6.58 Å². The van der Waals surface area contributed by atoms with Gasteiger partial charge in [-0.3, -0.25) is 0 Å². The topological polar surface area (TPSA) is 8.17 Å². The third-order valence-electron chi connectivity index (χ3n) is 17.0. The van der Waals surface area contributed by atoms with E-state index in [9.17, 15) is 0 Å². The van der Waals surface area contributed by atoms with Crippen LogP contribution in [0.4, 0.5) is 17.1 Å². The van der Waals surface area contributed by atoms with Crippen molar-refractivity contribution in [3.8, 4) is 16.8 Å². The molecule has 4 aliphatic carbocycles. The van der Waals surface area contributed by atoms with Crippen LogP contribution in [0.2, 0.25) is 0 Å². The first-order valence-corrected chi connectivity index (χ1v) is 27.5. The van der Waals surface area contributed by atoms with Gasteiger partial charge in [-0.2, -0.15) is 0 Å². The summed E-state index contributed by atoms with van der Waals surface area (Å²) in [5.41, 5.74) is 23.8. The molecule has 14 rings (SSSR count). The lowest BCUT2D eigenvalue weighted by Gasteiger charge is -2.51. The van der Waals surface area contributed by atoms with E-state index in [0.717, 1.165) is 69.8 Å². The van der Waals surface area contributed by atoms with Gasteiger partial charge < -0.3 is 9.47 Å². The summed E-state index contributed by atoms with van der Waals surface area (Å²) in [7, 11) is 0. The van der Waals surface area contributed by atoms with Gasteiger partial charge in [-0.15, -0.1) is 0 Å². The fraction of sp³-hybridized carbons (Fsp3) is 0.0789. The number of benzene rings is 9. The molecule has 0 saturated carbocycles. The summed E-state index contributed by atoms with van der Waals surface area (Å²) in [6.07, 6.45) is 26.8. The summed E-state index contributed by atoms with van der Waals surface area (Å²) in [5.74, 6) is 0. The molecule has 9 aromatic carbocycles. The molecule has 0 bridgehead atoms. The molecule has 0 amide bonds. The highest BCUT2D eigenvalue weighted by atomic mass is 15.1. The first-order chi connectivity index (χ1) is 38.5. The molecular weight excluding hydrogens is 941 g/mol. The van der Waals surface area contributed by atoms with Crippen LogP contribution in [0.1, 0.15) is 75.4 Å². The third-order valence-corrected chi connectivity index (χ3v) is 17.0. The lowest BCUT2D eigenvalue weighted by Crippen LogP contribution is -2.45. The van der Waals surface area contributed by atoms with Gasteiger partial charge in [0.05, 0.1) is 27.6 Å². The zero-order chi connectivity index (χ0) is 52.4. The molecule has 0 saturated heterocycles. The van der Waals surface area contributed by atoms with Gasteiger partial charge in [0.25, 0.3) is 0 Å². The Labute approximate surface area is 458 Å². The van der Waals surface area contributed by atoms with Crippen molar-refractivity contribution in [3.05, 3.63) is 347 Å². The van der Waals surface area contributed by atoms with Crippen LogP contribution in [-0.2, 0) is 17.3 Å². The minimum absolute atomic E-state index is 0.720. The number of allylic oxidation sites excluding steroid dienone is 14. The predicted molar refractivity (Wildman–Crippen MR) is 330 cm³/mol. The van der Waals surface area contributed by atoms with Crippen molar-refractivity contribution in [2.45, 2.75) is 37.0 Å². The van der Waals surface area contributed by atoms with Gasteiger partial charge in [-0.1, -0.05) is 226 Å². The Bertz CT molecular complexity index is 4250. The lowest BCUT2D eigenvalue weighted by atomic mass is 9.50. The Morgan fingerprint density at radius 3 is 2.00 bits per heavy atom. The van der Waals surface area contributed by atoms with E-state index < -0.39 is 10.8 Å². The average molecular weight is 999 g/mol. The highest BCUT2D eigenvalue weighted by molar-refractivity contribution is 6.11. The van der Waals surface area contributed by atoms with Crippen molar-refractivity contribution in [2.75, 3.05) is 4.90 Å². The number of para-hydroxylation sites is 2. The second kappa shape index (κ2) is 19.0. The smallest absolute Gasteiger partial charge is 0.0740 e. The Morgan fingerprint density at radius 1 is 0.564 bits per heavy atom. The second-order valence-corrected chi connectivity index (χ2v) is 21.0. The monoisotopic (exact) mass is 998 g/mol. The zero-order valence-corrected chi connectivity index (χ0v) is 43.9. The maximum absolute atomic E-state index is 5.13. The molecule has 0 radical (unpaired) electrons. The SMILES string of the molecule is C=C/C=C(\C=C/C)c1cc(C2=CC=CCC2)cc(-n2c3ccccc3c3cc(N(c4ccccc4)c4cccc5c4C4(c6ccccc6-c6ccccc64)c4ccccc4C54C(=C)/C=C\C=C/Cc5ccccc54)ccc32)c1. The standard InChI is InChI=1S/C76H58N2/c1-4-26-53(27-5-2)56-48-57(54-29-10-7-11-30-54)50-60(49-56)78-71-44-24-18-37-63(71)64-51-59(46-47-72(64)78)77(58-33-13-8-14-34-58)73-45-25-43-70-74(73)76(66-39-20-16-35-61(66)62-36-17-21-40-67(62)76)69-42-23-22-41-68(69)75(70)52(3)28-9-6-12-31-55-32-15-19-38-65(55)75/h4-10,12-29,32-51H,1,3,11,30-31H2,2H3/b12-6-,27-5-,28-9-,53-26+. The van der Waals surface area contributed by atoms with Crippen LogP contribution in [0, 0.1) is 0 Å². The number of hydrogen-bond donors (Lipinski definition) is 0. The quantitative estimate of drug-likeness (QED) is 0.138. The van der Waals surface area contributed by atoms with Gasteiger partial charge in [0, 0.05) is 33.4 Å². The van der Waals surface area contributed by atoms with Crippen molar-refractivity contribution in [2.24, 2.45) is 0 Å². The van der Waals surface area contributed by atoms with Gasteiger partial charge >= 0.3 is 0 Å². The Balaban J connectivity index is 1.09. The van der Waals surface area contributed by atoms with Crippen molar-refractivity contribution in [1.29, 1.82) is 0 Å². The van der Waals surface area contributed by atoms with Crippen LogP contribution in [-0.4, -0.2) is 4.57 Å². The van der Waals surface area contributed by atoms with Crippen LogP contribution in [0.5, 0.6) is 0 Å². The van der Waals surface area contributed by atoms with Gasteiger partial charge in [-0.05, 0) is 165 Å². The molecule has 1 unspecified atom stereocenters. The fourth-order valence-electron chi connectivity index (χ4n) is 14.0. The molecule has 1 atom stereocenters. The van der Waals surface area contributed by atoms with Crippen molar-refractivity contribution >= 4 is 50.0 Å². The van der Waals surface area contributed by atoms with E-state index in [-0.39, 0.29) is 0 Å². The average Bonchev–Trinajstić information content (AvgIpc) is 2.98. The van der Waals surface area contributed by atoms with Gasteiger partial charge in [0.15, 0.2) is 0 Å². The first kappa shape index (κ1) is 47.0. The van der Waals surface area contributed by atoms with E-state index in [1.807, 2.05) is 6.08 Å². The van der Waals surface area contributed by atoms with Gasteiger partial charge in [-0.25, -0.2) is 0 Å². The summed E-state index contributed by atoms with van der Waals surface area (Å²) < 4.78 is 2.48. The summed E-state index contributed by atoms with van der Waals surface area (Å²) in [6.45, 7) is 11.3. The van der Waals surface area contributed by atoms with Crippen LogP contribution in [0.25, 0.3) is 49.8 Å². The molecule has 1 heterocycles. The lowest BCUT2D eigenvalue weighted by molar-refractivity contribution is 0.621. The number of nitrogens with zero attached hydrogens (tertiary/aromatic N) is 2. The molecule has 0 N–H and O–H groups in total. The maximum atomic E-state index is 5.13. The molecule has 4 aliphatic rings. The van der Waals surface area contributed by atoms with E-state index >= 15 is 0 Å². The molecule has 0 aliphatic heterocycles. The summed E-state index contributed by atoms with van der Waals surface area (Å²) in [4.78, 5) is 2.55. The molecule has 0 fully saturated rings. The molecule has 2 heteroatoms. The van der Waals surface area contributed by atoms with Crippen LogP contribution < -0.4 is 4.90 Å². The number of fused-ring (bicyclic) bond motifs is 16. The van der Waals surface area contributed by atoms with E-state index in [1.54, 1.807) is 0 Å². The molecule has 78 heavy (non-hydrogen) atoms. The van der Waals surface area contributed by atoms with E-state index in [1.165, 1.54) is 77.5 Å². The highest BCUT2D eigenvalue weighted by Crippen LogP contribution is 2.67. The van der Waals surface area contributed by atoms with E-state index in [2.05, 4.69) is 290 Å². The Morgan fingerprint density at radius 2 is 1.24 bits per heavy atom. The first-order valence-electron chi connectivity index (χ1n) is 27.5. The van der Waals surface area contributed by atoms with Crippen LogP contribution in [0.3, 0.4) is 0 Å². The number of anilines is 3. The minimum Gasteiger partial charge on any atom is -0.310 e. The molecule has 372 valence electrons. The Kier molecular flexibility index (Phi) is 11.4. The fourth-order valence-corrected chi connectivity index (χ4v) is 14.0. The normalized spacial score (nSPS) is 17.6. The molecule has 1 aromatic heterocycles. The summed E-state index contributed by atoms with van der Waals surface area (Å²) in [5, 5.41) is 2.38. The largest absolute Gasteiger partial charge is 0.310 e. The Hall–Kier alpha value is -9.50. The third kappa shape index (κ3) is 6.96. The molecule has 2 spiro atoms. The summed E-state index contributed by atoms with van der Waals surface area (Å²) in [6, 6.07) is 78.1. The van der Waals surface area contributed by atoms with Gasteiger partial charge in [0.1, 0.15) is 0 Å². The maximum Gasteiger partial charge on any atom is 0.0740 e. The van der Waals surface area contributed by atoms with Crippen molar-refractivity contribution in [1.82, 2.24) is 4.57 Å². The molecule has 10 aromatic rings. The van der Waals surface area contributed by atoms with Crippen molar-refractivity contribution < 1.29 is 0 Å². The zero-order valence-electron chi connectivity index (χ0n) is 43.9. The van der Waals surface area contributed by atoms with Crippen molar-refractivity contribution in [3.63, 3.8) is 0 Å². The highest BCUT2D eigenvalue weighted by Gasteiger charge is 2.58. The molecule has 2 nitrogen and oxygen atoms in total. The number of aromatic nitrogens is 1. The number of rotatable bonds is 8. The van der Waals surface area contributed by atoms with Gasteiger partial charge in [0.2, 0.25) is 0 Å². The minimum atomic E-state index is -0.760. The summed E-state index contributed by atoms with van der Waals surface area (Å²) >= 11 is 0. The number of hydrogen-bond acceptors (Lipinski definition) is 1. The molecular formula is C76H58N2. The van der Waals surface area contributed by atoms with Crippen LogP contribution in [0.15, 0.2) is 292 Å².